The van der Waals surface area contributed by atoms with Crippen LogP contribution in [-0.2, 0) is 0 Å². The lowest BCUT2D eigenvalue weighted by Crippen LogP contribution is -2.16. The molecule has 0 aliphatic heterocycles. The summed E-state index contributed by atoms with van der Waals surface area (Å²) in [5, 5.41) is 3.15. The van der Waals surface area contributed by atoms with Crippen molar-refractivity contribution >= 4 is 0 Å². The van der Waals surface area contributed by atoms with E-state index < -0.39 is 0 Å². The molecule has 0 bridgehead atoms. The third-order valence-corrected chi connectivity index (χ3v) is 6.77. The van der Waals surface area contributed by atoms with Gasteiger partial charge in [0, 0.05) is 18.2 Å². The fourth-order valence-electron chi connectivity index (χ4n) is 4.44. The van der Waals surface area contributed by atoms with Crippen LogP contribution in [0.3, 0.4) is 0 Å². The van der Waals surface area contributed by atoms with Crippen molar-refractivity contribution in [2.24, 2.45) is 11.8 Å². The smallest absolute Gasteiger partial charge is 0.0143 e. The fraction of sp³-hybridized carbons (Fsp3) is 0.579. The molecule has 1 aliphatic carbocycles. The zero-order valence-electron chi connectivity index (χ0n) is 27.5. The van der Waals surface area contributed by atoms with Crippen LogP contribution < -0.4 is 5.32 Å². The second-order valence-corrected chi connectivity index (χ2v) is 11.0. The number of hydrogen-bond donors (Lipinski definition) is 1. The Labute approximate surface area is 245 Å². The van der Waals surface area contributed by atoms with Crippen molar-refractivity contribution in [1.82, 2.24) is 5.32 Å². The Morgan fingerprint density at radius 3 is 1.62 bits per heavy atom. The third-order valence-electron chi connectivity index (χ3n) is 6.77. The molecule has 1 saturated carbocycles. The van der Waals surface area contributed by atoms with Crippen LogP contribution in [0.15, 0.2) is 85.1 Å². The van der Waals surface area contributed by atoms with Gasteiger partial charge in [-0.3, -0.25) is 0 Å². The average Bonchev–Trinajstić information content (AvgIpc) is 2.95. The predicted molar refractivity (Wildman–Crippen MR) is 181 cm³/mol. The molecule has 0 heterocycles. The van der Waals surface area contributed by atoms with Crippen LogP contribution in [0.1, 0.15) is 137 Å². The summed E-state index contributed by atoms with van der Waals surface area (Å²) in [6.45, 7) is 27.4. The van der Waals surface area contributed by atoms with Crippen molar-refractivity contribution in [3.63, 3.8) is 0 Å². The lowest BCUT2D eigenvalue weighted by atomic mass is 9.78. The summed E-state index contributed by atoms with van der Waals surface area (Å²) in [6, 6.07) is 21.2. The van der Waals surface area contributed by atoms with Crippen LogP contribution in [0.5, 0.6) is 0 Å². The second kappa shape index (κ2) is 27.3. The largest absolute Gasteiger partial charge is 0.389 e. The van der Waals surface area contributed by atoms with E-state index in [1.54, 1.807) is 0 Å². The second-order valence-electron chi connectivity index (χ2n) is 11.0. The Kier molecular flexibility index (Phi) is 27.2. The summed E-state index contributed by atoms with van der Waals surface area (Å²) in [4.78, 5) is 0. The molecule has 0 radical (unpaired) electrons. The summed E-state index contributed by atoms with van der Waals surface area (Å²) in [5.74, 6) is 2.58. The molecule has 1 nitrogen and oxygen atoms in total. The Hall–Kier alpha value is -2.28. The maximum absolute atomic E-state index is 3.72. The maximum atomic E-state index is 3.72. The quantitative estimate of drug-likeness (QED) is 0.249. The zero-order chi connectivity index (χ0) is 29.9. The van der Waals surface area contributed by atoms with Gasteiger partial charge >= 0.3 is 0 Å². The normalized spacial score (nSPS) is 15.4. The van der Waals surface area contributed by atoms with Gasteiger partial charge in [-0.05, 0) is 50.2 Å². The van der Waals surface area contributed by atoms with Crippen molar-refractivity contribution < 1.29 is 0 Å². The van der Waals surface area contributed by atoms with E-state index in [-0.39, 0.29) is 0 Å². The Balaban J connectivity index is 0. The fourth-order valence-corrected chi connectivity index (χ4v) is 4.44. The van der Waals surface area contributed by atoms with Crippen LogP contribution in [0.2, 0.25) is 0 Å². The lowest BCUT2D eigenvalue weighted by molar-refractivity contribution is 0.237. The minimum atomic E-state index is 0.484. The Morgan fingerprint density at radius 1 is 0.795 bits per heavy atom. The van der Waals surface area contributed by atoms with Crippen molar-refractivity contribution in [2.45, 2.75) is 126 Å². The first-order valence-electron chi connectivity index (χ1n) is 15.8. The van der Waals surface area contributed by atoms with Crippen molar-refractivity contribution in [1.29, 1.82) is 0 Å². The summed E-state index contributed by atoms with van der Waals surface area (Å²) >= 11 is 0. The topological polar surface area (TPSA) is 12.0 Å². The minimum Gasteiger partial charge on any atom is -0.389 e. The zero-order valence-corrected chi connectivity index (χ0v) is 27.5. The molecule has 2 aromatic rings. The molecule has 2 atom stereocenters. The molecular formula is C38H65N. The van der Waals surface area contributed by atoms with Gasteiger partial charge in [-0.1, -0.05) is 166 Å². The van der Waals surface area contributed by atoms with E-state index in [9.17, 15) is 0 Å². The van der Waals surface area contributed by atoms with Gasteiger partial charge in [-0.15, -0.1) is 6.58 Å². The van der Waals surface area contributed by atoms with Gasteiger partial charge in [0.15, 0.2) is 0 Å². The van der Waals surface area contributed by atoms with Crippen molar-refractivity contribution in [2.75, 3.05) is 6.54 Å². The number of rotatable bonds is 9. The predicted octanol–water partition coefficient (Wildman–Crippen LogP) is 12.4. The molecule has 39 heavy (non-hydrogen) atoms. The molecular weight excluding hydrogens is 470 g/mol. The third kappa shape index (κ3) is 23.3. The molecule has 2 aromatic carbocycles. The van der Waals surface area contributed by atoms with Gasteiger partial charge in [0.2, 0.25) is 0 Å². The number of hydrogen-bond acceptors (Lipinski definition) is 1. The van der Waals surface area contributed by atoms with Crippen LogP contribution in [0, 0.1) is 11.8 Å². The van der Waals surface area contributed by atoms with E-state index in [0.29, 0.717) is 5.92 Å². The van der Waals surface area contributed by atoms with E-state index in [0.717, 1.165) is 24.1 Å². The summed E-state index contributed by atoms with van der Waals surface area (Å²) in [5.41, 5.74) is 4.98. The highest BCUT2D eigenvalue weighted by Crippen LogP contribution is 2.32. The molecule has 3 rings (SSSR count). The number of allylic oxidation sites excluding steroid dienone is 2. The van der Waals surface area contributed by atoms with Gasteiger partial charge < -0.3 is 5.32 Å². The van der Waals surface area contributed by atoms with Crippen LogP contribution in [0.4, 0.5) is 0 Å². The highest BCUT2D eigenvalue weighted by molar-refractivity contribution is 5.31. The summed E-state index contributed by atoms with van der Waals surface area (Å²) in [6.07, 6.45) is 12.8. The summed E-state index contributed by atoms with van der Waals surface area (Å²) < 4.78 is 0. The van der Waals surface area contributed by atoms with Crippen molar-refractivity contribution in [3.8, 4) is 0 Å². The molecule has 1 N–H and O–H groups in total. The monoisotopic (exact) mass is 536 g/mol. The van der Waals surface area contributed by atoms with E-state index in [1.807, 2.05) is 34.6 Å². The first-order chi connectivity index (χ1) is 18.7. The van der Waals surface area contributed by atoms with Crippen LogP contribution in [0.25, 0.3) is 0 Å². The molecule has 1 aliphatic rings. The first kappa shape index (κ1) is 38.9. The van der Waals surface area contributed by atoms with Crippen LogP contribution in [-0.4, -0.2) is 6.54 Å². The van der Waals surface area contributed by atoms with Gasteiger partial charge in [0.25, 0.3) is 0 Å². The average molecular weight is 536 g/mol. The van der Waals surface area contributed by atoms with Gasteiger partial charge in [-0.2, -0.15) is 0 Å². The maximum Gasteiger partial charge on any atom is 0.0143 e. The number of nitrogens with one attached hydrogen (secondary N) is 1. The molecule has 0 saturated heterocycles. The van der Waals surface area contributed by atoms with Crippen LogP contribution >= 0.6 is 0 Å². The highest BCUT2D eigenvalue weighted by atomic mass is 14.9. The molecule has 0 spiro atoms. The minimum absolute atomic E-state index is 0.484. The van der Waals surface area contributed by atoms with E-state index in [4.69, 9.17) is 0 Å². The van der Waals surface area contributed by atoms with Gasteiger partial charge in [-0.25, -0.2) is 0 Å². The molecule has 1 fully saturated rings. The van der Waals surface area contributed by atoms with E-state index in [2.05, 4.69) is 107 Å². The molecule has 0 aromatic heterocycles. The Bertz CT molecular complexity index is 749. The molecule has 2 unspecified atom stereocenters. The lowest BCUT2D eigenvalue weighted by Gasteiger charge is -2.28. The number of benzene rings is 2. The molecule has 222 valence electrons. The highest BCUT2D eigenvalue weighted by Gasteiger charge is 2.19. The van der Waals surface area contributed by atoms with E-state index >= 15 is 0 Å². The Morgan fingerprint density at radius 2 is 1.23 bits per heavy atom. The van der Waals surface area contributed by atoms with E-state index in [1.165, 1.54) is 74.5 Å². The number of unbranched alkanes of at least 4 members (excludes halogenated alkanes) is 2. The molecule has 1 heteroatoms. The standard InChI is InChI=1S/C14H14.C11H22.C7H15N.C4H8.C2H6/c1-12(13-8-4-2-5-9-13)14-10-6-3-7-11-14;1-3-4-8-11-9-6-5-7-10(11)2;1-4-5-6-8-7(2)3;1-4(2)3;1-2/h2-12H,1H3;10-11H,3-9H2,1-2H3;8H,2,4-6H2,1,3H3;1H2,2-3H3;1-2H3. The van der Waals surface area contributed by atoms with Gasteiger partial charge in [0.05, 0.1) is 0 Å². The first-order valence-corrected chi connectivity index (χ1v) is 15.8. The molecule has 0 amide bonds. The van der Waals surface area contributed by atoms with Crippen molar-refractivity contribution in [3.05, 3.63) is 96.2 Å². The summed E-state index contributed by atoms with van der Waals surface area (Å²) in [7, 11) is 0. The SMILES string of the molecule is C=C(C)C.C=C(C)NCCCC.CC.CC(c1ccccc1)c1ccccc1.CCCCC1CCCCC1C. The van der Waals surface area contributed by atoms with Gasteiger partial charge in [0.1, 0.15) is 0 Å².